The smallest absolute Gasteiger partial charge is 0.315 e. The second-order valence-corrected chi connectivity index (χ2v) is 7.25. The van der Waals surface area contributed by atoms with E-state index < -0.39 is 5.92 Å². The number of rotatable bonds is 4. The summed E-state index contributed by atoms with van der Waals surface area (Å²) in [5.41, 5.74) is 8.81. The highest BCUT2D eigenvalue weighted by Gasteiger charge is 2.31. The Morgan fingerprint density at radius 3 is 2.53 bits per heavy atom. The number of hydrogen-bond donors (Lipinski definition) is 1. The molecule has 6 heteroatoms. The quantitative estimate of drug-likeness (QED) is 0.492. The number of halogens is 1. The van der Waals surface area contributed by atoms with Gasteiger partial charge in [0.2, 0.25) is 5.88 Å². The third-order valence-electron chi connectivity index (χ3n) is 4.82. The van der Waals surface area contributed by atoms with Gasteiger partial charge in [-0.1, -0.05) is 60.1 Å². The van der Waals surface area contributed by atoms with E-state index in [0.717, 1.165) is 16.7 Å². The number of ether oxygens (including phenoxy) is 2. The lowest BCUT2D eigenvalue weighted by atomic mass is 9.83. The number of esters is 1. The van der Waals surface area contributed by atoms with Crippen LogP contribution in [-0.2, 0) is 11.2 Å². The molecule has 3 aromatic carbocycles. The van der Waals surface area contributed by atoms with Gasteiger partial charge in [-0.2, -0.15) is 5.26 Å². The Kier molecular flexibility index (Phi) is 5.42. The Morgan fingerprint density at radius 1 is 1.10 bits per heavy atom. The second-order valence-electron chi connectivity index (χ2n) is 6.81. The summed E-state index contributed by atoms with van der Waals surface area (Å²) in [6.45, 7) is 0. The molecule has 0 saturated carbocycles. The molecule has 4 rings (SSSR count). The number of nitriles is 1. The van der Waals surface area contributed by atoms with E-state index in [4.69, 9.17) is 26.8 Å². The van der Waals surface area contributed by atoms with Crippen molar-refractivity contribution in [1.82, 2.24) is 0 Å². The van der Waals surface area contributed by atoms with Crippen molar-refractivity contribution < 1.29 is 14.3 Å². The van der Waals surface area contributed by atoms with Crippen molar-refractivity contribution in [1.29, 1.82) is 5.26 Å². The molecule has 0 aliphatic carbocycles. The molecular formula is C24H17ClN2O3. The van der Waals surface area contributed by atoms with Crippen LogP contribution in [0.25, 0.3) is 0 Å². The maximum absolute atomic E-state index is 12.3. The van der Waals surface area contributed by atoms with E-state index in [1.165, 1.54) is 0 Å². The molecule has 0 aromatic heterocycles. The highest BCUT2D eigenvalue weighted by molar-refractivity contribution is 6.30. The lowest BCUT2D eigenvalue weighted by molar-refractivity contribution is -0.133. The van der Waals surface area contributed by atoms with Crippen molar-refractivity contribution in [3.8, 4) is 17.6 Å². The molecule has 0 amide bonds. The summed E-state index contributed by atoms with van der Waals surface area (Å²) >= 11 is 6.00. The van der Waals surface area contributed by atoms with Gasteiger partial charge in [-0.3, -0.25) is 4.79 Å². The minimum Gasteiger partial charge on any atom is -0.440 e. The molecule has 5 nitrogen and oxygen atoms in total. The molecular weight excluding hydrogens is 400 g/mol. The Balaban J connectivity index is 1.63. The first-order valence-corrected chi connectivity index (χ1v) is 9.64. The monoisotopic (exact) mass is 416 g/mol. The third-order valence-corrected chi connectivity index (χ3v) is 5.07. The second kappa shape index (κ2) is 8.32. The average molecular weight is 417 g/mol. The van der Waals surface area contributed by atoms with E-state index in [1.807, 2.05) is 42.5 Å². The van der Waals surface area contributed by atoms with Gasteiger partial charge in [0.25, 0.3) is 0 Å². The zero-order valence-electron chi connectivity index (χ0n) is 15.8. The van der Waals surface area contributed by atoms with Gasteiger partial charge in [-0.25, -0.2) is 0 Å². The number of allylic oxidation sites excluding steroid dienone is 1. The number of fused-ring (bicyclic) bond motifs is 1. The fourth-order valence-electron chi connectivity index (χ4n) is 3.43. The summed E-state index contributed by atoms with van der Waals surface area (Å²) in [5, 5.41) is 10.2. The fraction of sp³-hybridized carbons (Fsp3) is 0.0833. The van der Waals surface area contributed by atoms with Crippen LogP contribution in [0.15, 0.2) is 84.3 Å². The van der Waals surface area contributed by atoms with Crippen LogP contribution in [0.2, 0.25) is 5.02 Å². The molecule has 0 saturated heterocycles. The molecule has 1 heterocycles. The van der Waals surface area contributed by atoms with Gasteiger partial charge in [-0.15, -0.1) is 0 Å². The van der Waals surface area contributed by atoms with Crippen LogP contribution < -0.4 is 15.2 Å². The molecule has 2 N–H and O–H groups in total. The molecule has 0 spiro atoms. The Morgan fingerprint density at radius 2 is 1.83 bits per heavy atom. The molecule has 1 unspecified atom stereocenters. The average Bonchev–Trinajstić information content (AvgIpc) is 2.74. The molecule has 30 heavy (non-hydrogen) atoms. The van der Waals surface area contributed by atoms with Crippen molar-refractivity contribution in [3.05, 3.63) is 106 Å². The molecule has 3 aromatic rings. The Hall–Kier alpha value is -3.75. The number of nitrogens with zero attached hydrogens (tertiary/aromatic N) is 1. The molecule has 0 radical (unpaired) electrons. The number of benzene rings is 3. The van der Waals surface area contributed by atoms with Crippen molar-refractivity contribution in [3.63, 3.8) is 0 Å². The van der Waals surface area contributed by atoms with E-state index >= 15 is 0 Å². The van der Waals surface area contributed by atoms with Crippen LogP contribution in [0.4, 0.5) is 0 Å². The molecule has 0 fully saturated rings. The molecule has 148 valence electrons. The van der Waals surface area contributed by atoms with Gasteiger partial charge >= 0.3 is 5.97 Å². The van der Waals surface area contributed by atoms with Gasteiger partial charge in [0, 0.05) is 16.7 Å². The third kappa shape index (κ3) is 4.00. The zero-order valence-corrected chi connectivity index (χ0v) is 16.6. The lowest BCUT2D eigenvalue weighted by Gasteiger charge is -2.26. The van der Waals surface area contributed by atoms with Gasteiger partial charge in [0.15, 0.2) is 0 Å². The Labute approximate surface area is 178 Å². The topological polar surface area (TPSA) is 85.3 Å². The normalized spacial score (nSPS) is 15.0. The maximum atomic E-state index is 12.3. The SMILES string of the molecule is N#CC1=C(N)Oc2cc(OC(=O)Cc3ccccc3)ccc2C1c1ccc(Cl)cc1. The standard InChI is InChI=1S/C24H17ClN2O3/c25-17-8-6-16(7-9-17)23-19-11-10-18(13-21(19)30-24(27)20(23)14-26)29-22(28)12-15-4-2-1-3-5-15/h1-11,13,23H,12,27H2. The summed E-state index contributed by atoms with van der Waals surface area (Å²) in [7, 11) is 0. The van der Waals surface area contributed by atoms with Crippen LogP contribution in [-0.4, -0.2) is 5.97 Å². The van der Waals surface area contributed by atoms with Gasteiger partial charge in [0.05, 0.1) is 12.3 Å². The van der Waals surface area contributed by atoms with Crippen molar-refractivity contribution in [2.24, 2.45) is 5.73 Å². The van der Waals surface area contributed by atoms with E-state index in [9.17, 15) is 10.1 Å². The first-order chi connectivity index (χ1) is 14.5. The van der Waals surface area contributed by atoms with Crippen LogP contribution in [0.3, 0.4) is 0 Å². The van der Waals surface area contributed by atoms with Gasteiger partial charge in [-0.05, 0) is 29.3 Å². The van der Waals surface area contributed by atoms with Crippen molar-refractivity contribution in [2.75, 3.05) is 0 Å². The van der Waals surface area contributed by atoms with Gasteiger partial charge in [0.1, 0.15) is 23.1 Å². The van der Waals surface area contributed by atoms with E-state index in [2.05, 4.69) is 6.07 Å². The number of carbonyl (C=O) groups is 1. The number of nitrogens with two attached hydrogens (primary N) is 1. The van der Waals surface area contributed by atoms with Crippen LogP contribution in [0.5, 0.6) is 11.5 Å². The maximum Gasteiger partial charge on any atom is 0.315 e. The number of carbonyl (C=O) groups excluding carboxylic acids is 1. The first-order valence-electron chi connectivity index (χ1n) is 9.27. The van der Waals surface area contributed by atoms with E-state index in [1.54, 1.807) is 30.3 Å². The predicted octanol–water partition coefficient (Wildman–Crippen LogP) is 4.71. The molecule has 1 aliphatic rings. The van der Waals surface area contributed by atoms with Crippen LogP contribution >= 0.6 is 11.6 Å². The summed E-state index contributed by atoms with van der Waals surface area (Å²) in [6.07, 6.45) is 0.160. The molecule has 1 aliphatic heterocycles. The Bertz CT molecular complexity index is 1170. The highest BCUT2D eigenvalue weighted by atomic mass is 35.5. The van der Waals surface area contributed by atoms with Crippen molar-refractivity contribution >= 4 is 17.6 Å². The predicted molar refractivity (Wildman–Crippen MR) is 113 cm³/mol. The lowest BCUT2D eigenvalue weighted by Crippen LogP contribution is -2.21. The minimum atomic E-state index is -0.398. The summed E-state index contributed by atoms with van der Waals surface area (Å²) in [5.74, 6) is 0.0319. The number of hydrogen-bond acceptors (Lipinski definition) is 5. The minimum absolute atomic E-state index is 0.0257. The summed E-state index contributed by atoms with van der Waals surface area (Å²) in [4.78, 5) is 12.3. The largest absolute Gasteiger partial charge is 0.440 e. The summed E-state index contributed by atoms with van der Waals surface area (Å²) in [6, 6.07) is 23.8. The van der Waals surface area contributed by atoms with E-state index in [-0.39, 0.29) is 18.3 Å². The first kappa shape index (κ1) is 19.6. The van der Waals surface area contributed by atoms with Gasteiger partial charge < -0.3 is 15.2 Å². The van der Waals surface area contributed by atoms with E-state index in [0.29, 0.717) is 22.1 Å². The molecule has 1 atom stereocenters. The summed E-state index contributed by atoms with van der Waals surface area (Å²) < 4.78 is 11.1. The molecule has 0 bridgehead atoms. The van der Waals surface area contributed by atoms with Crippen molar-refractivity contribution in [2.45, 2.75) is 12.3 Å². The zero-order chi connectivity index (χ0) is 21.1. The highest BCUT2D eigenvalue weighted by Crippen LogP contribution is 2.43. The van der Waals surface area contributed by atoms with Crippen LogP contribution in [0.1, 0.15) is 22.6 Å². The van der Waals surface area contributed by atoms with Crippen LogP contribution in [0, 0.1) is 11.3 Å². The fourth-order valence-corrected chi connectivity index (χ4v) is 3.55.